The zero-order valence-corrected chi connectivity index (χ0v) is 11.2. The molecule has 1 atom stereocenters. The Hall–Kier alpha value is -1.91. The van der Waals surface area contributed by atoms with E-state index in [-0.39, 0.29) is 24.2 Å². The predicted octanol–water partition coefficient (Wildman–Crippen LogP) is 2.06. The molecule has 1 saturated carbocycles. The molecule has 0 bridgehead atoms. The van der Waals surface area contributed by atoms with E-state index in [1.54, 1.807) is 6.07 Å². The first-order chi connectivity index (χ1) is 9.48. The first-order valence-electron chi connectivity index (χ1n) is 6.79. The number of benzene rings is 1. The van der Waals surface area contributed by atoms with Crippen LogP contribution in [0, 0.1) is 5.82 Å². The van der Waals surface area contributed by atoms with E-state index in [1.165, 1.54) is 24.0 Å². The molecule has 1 aromatic rings. The SMILES string of the molecule is CC(=O)N(C1CC1)C1(C(=O)O)CCc2c(F)cccc21. The van der Waals surface area contributed by atoms with Crippen molar-refractivity contribution in [2.45, 2.75) is 44.2 Å². The minimum absolute atomic E-state index is 0.0298. The Kier molecular flexibility index (Phi) is 2.81. The molecule has 0 aromatic heterocycles. The maximum absolute atomic E-state index is 13.9. The molecule has 1 N–H and O–H groups in total. The Morgan fingerprint density at radius 3 is 2.65 bits per heavy atom. The Labute approximate surface area is 116 Å². The van der Waals surface area contributed by atoms with E-state index in [0.29, 0.717) is 17.5 Å². The Morgan fingerprint density at radius 1 is 1.40 bits per heavy atom. The monoisotopic (exact) mass is 277 g/mol. The number of hydrogen-bond donors (Lipinski definition) is 1. The van der Waals surface area contributed by atoms with E-state index < -0.39 is 11.5 Å². The van der Waals surface area contributed by atoms with E-state index >= 15 is 0 Å². The lowest BCUT2D eigenvalue weighted by Crippen LogP contribution is -2.54. The summed E-state index contributed by atoms with van der Waals surface area (Å²) in [6.07, 6.45) is 2.23. The van der Waals surface area contributed by atoms with Crippen LogP contribution in [-0.4, -0.2) is 27.9 Å². The molecule has 1 fully saturated rings. The molecule has 5 heteroatoms. The molecular formula is C15H16FNO3. The van der Waals surface area contributed by atoms with Gasteiger partial charge in [0.25, 0.3) is 0 Å². The number of hydrogen-bond acceptors (Lipinski definition) is 2. The number of fused-ring (bicyclic) bond motifs is 1. The van der Waals surface area contributed by atoms with E-state index in [4.69, 9.17) is 0 Å². The number of carbonyl (C=O) groups excluding carboxylic acids is 1. The Bertz CT molecular complexity index is 597. The van der Waals surface area contributed by atoms with Gasteiger partial charge in [0.05, 0.1) is 0 Å². The molecule has 1 amide bonds. The largest absolute Gasteiger partial charge is 0.479 e. The maximum Gasteiger partial charge on any atom is 0.334 e. The van der Waals surface area contributed by atoms with Crippen LogP contribution in [0.15, 0.2) is 18.2 Å². The molecule has 1 aromatic carbocycles. The predicted molar refractivity (Wildman–Crippen MR) is 69.6 cm³/mol. The lowest BCUT2D eigenvalue weighted by Gasteiger charge is -2.38. The number of amides is 1. The highest BCUT2D eigenvalue weighted by atomic mass is 19.1. The summed E-state index contributed by atoms with van der Waals surface area (Å²) in [5.41, 5.74) is -0.529. The first kappa shape index (κ1) is 13.1. The van der Waals surface area contributed by atoms with Crippen molar-refractivity contribution >= 4 is 11.9 Å². The van der Waals surface area contributed by atoms with Crippen LogP contribution < -0.4 is 0 Å². The molecule has 0 saturated heterocycles. The summed E-state index contributed by atoms with van der Waals surface area (Å²) in [6, 6.07) is 4.46. The summed E-state index contributed by atoms with van der Waals surface area (Å²) in [7, 11) is 0. The third-order valence-electron chi connectivity index (χ3n) is 4.32. The van der Waals surface area contributed by atoms with Crippen molar-refractivity contribution in [1.29, 1.82) is 0 Å². The highest BCUT2D eigenvalue weighted by Crippen LogP contribution is 2.47. The number of carboxylic acids is 1. The lowest BCUT2D eigenvalue weighted by molar-refractivity contribution is -0.160. The molecule has 3 rings (SSSR count). The highest BCUT2D eigenvalue weighted by molar-refractivity contribution is 5.89. The van der Waals surface area contributed by atoms with E-state index in [1.807, 2.05) is 0 Å². The first-order valence-corrected chi connectivity index (χ1v) is 6.79. The van der Waals surface area contributed by atoms with Gasteiger partial charge in [-0.2, -0.15) is 0 Å². The number of nitrogens with zero attached hydrogens (tertiary/aromatic N) is 1. The summed E-state index contributed by atoms with van der Waals surface area (Å²) in [6.45, 7) is 1.39. The van der Waals surface area contributed by atoms with Crippen molar-refractivity contribution in [3.8, 4) is 0 Å². The number of aliphatic carboxylic acids is 1. The lowest BCUT2D eigenvalue weighted by atomic mass is 9.89. The van der Waals surface area contributed by atoms with Crippen molar-refractivity contribution in [2.75, 3.05) is 0 Å². The fourth-order valence-corrected chi connectivity index (χ4v) is 3.39. The van der Waals surface area contributed by atoms with Crippen molar-refractivity contribution in [2.24, 2.45) is 0 Å². The Morgan fingerprint density at radius 2 is 2.10 bits per heavy atom. The number of rotatable bonds is 3. The molecule has 4 nitrogen and oxygen atoms in total. The molecule has 2 aliphatic carbocycles. The smallest absolute Gasteiger partial charge is 0.334 e. The molecule has 0 radical (unpaired) electrons. The van der Waals surface area contributed by atoms with Crippen molar-refractivity contribution in [1.82, 2.24) is 4.90 Å². The van der Waals surface area contributed by atoms with Crippen LogP contribution in [0.2, 0.25) is 0 Å². The summed E-state index contributed by atoms with van der Waals surface area (Å²) < 4.78 is 13.9. The van der Waals surface area contributed by atoms with Crippen LogP contribution >= 0.6 is 0 Å². The molecule has 0 heterocycles. The van der Waals surface area contributed by atoms with Crippen LogP contribution in [0.4, 0.5) is 4.39 Å². The maximum atomic E-state index is 13.9. The second kappa shape index (κ2) is 4.30. The summed E-state index contributed by atoms with van der Waals surface area (Å²) in [5, 5.41) is 9.78. The minimum Gasteiger partial charge on any atom is -0.479 e. The molecule has 20 heavy (non-hydrogen) atoms. The van der Waals surface area contributed by atoms with Crippen molar-refractivity contribution in [3.05, 3.63) is 35.1 Å². The van der Waals surface area contributed by atoms with Crippen LogP contribution in [0.5, 0.6) is 0 Å². The van der Waals surface area contributed by atoms with Crippen LogP contribution in [-0.2, 0) is 21.5 Å². The van der Waals surface area contributed by atoms with Gasteiger partial charge in [-0.1, -0.05) is 12.1 Å². The van der Waals surface area contributed by atoms with Gasteiger partial charge in [0.2, 0.25) is 5.91 Å². The van der Waals surface area contributed by atoms with E-state index in [0.717, 1.165) is 12.8 Å². The number of halogens is 1. The second-order valence-corrected chi connectivity index (χ2v) is 5.55. The molecule has 0 spiro atoms. The third-order valence-corrected chi connectivity index (χ3v) is 4.32. The Balaban J connectivity index is 2.19. The fourth-order valence-electron chi connectivity index (χ4n) is 3.39. The number of carboxylic acid groups (broad SMARTS) is 1. The zero-order chi connectivity index (χ0) is 14.5. The normalized spacial score (nSPS) is 24.3. The standard InChI is InChI=1S/C15H16FNO3/c1-9(18)17(10-5-6-10)15(14(19)20)8-7-11-12(15)3-2-4-13(11)16/h2-4,10H,5-8H2,1H3,(H,19,20). The van der Waals surface area contributed by atoms with Gasteiger partial charge in [0.15, 0.2) is 5.54 Å². The van der Waals surface area contributed by atoms with Gasteiger partial charge in [-0.25, -0.2) is 9.18 Å². The van der Waals surface area contributed by atoms with Crippen molar-refractivity contribution in [3.63, 3.8) is 0 Å². The van der Waals surface area contributed by atoms with Gasteiger partial charge in [-0.05, 0) is 42.9 Å². The van der Waals surface area contributed by atoms with Gasteiger partial charge in [0.1, 0.15) is 5.82 Å². The average Bonchev–Trinajstić information content (AvgIpc) is 3.11. The summed E-state index contributed by atoms with van der Waals surface area (Å²) in [4.78, 5) is 25.4. The topological polar surface area (TPSA) is 57.6 Å². The molecular weight excluding hydrogens is 261 g/mol. The fraction of sp³-hybridized carbons (Fsp3) is 0.467. The van der Waals surface area contributed by atoms with Gasteiger partial charge in [0, 0.05) is 13.0 Å². The van der Waals surface area contributed by atoms with Crippen LogP contribution in [0.25, 0.3) is 0 Å². The minimum atomic E-state index is -1.40. The second-order valence-electron chi connectivity index (χ2n) is 5.55. The number of carbonyl (C=O) groups is 2. The zero-order valence-electron chi connectivity index (χ0n) is 11.2. The van der Waals surface area contributed by atoms with Crippen LogP contribution in [0.3, 0.4) is 0 Å². The van der Waals surface area contributed by atoms with E-state index in [2.05, 4.69) is 0 Å². The van der Waals surface area contributed by atoms with Gasteiger partial charge < -0.3 is 10.0 Å². The van der Waals surface area contributed by atoms with Crippen LogP contribution in [0.1, 0.15) is 37.3 Å². The molecule has 2 aliphatic rings. The summed E-state index contributed by atoms with van der Waals surface area (Å²) >= 11 is 0. The summed E-state index contributed by atoms with van der Waals surface area (Å²) in [5.74, 6) is -1.71. The average molecular weight is 277 g/mol. The molecule has 106 valence electrons. The third kappa shape index (κ3) is 1.65. The van der Waals surface area contributed by atoms with Gasteiger partial charge in [-0.3, -0.25) is 4.79 Å². The quantitative estimate of drug-likeness (QED) is 0.920. The molecule has 1 unspecified atom stereocenters. The highest BCUT2D eigenvalue weighted by Gasteiger charge is 2.55. The van der Waals surface area contributed by atoms with Gasteiger partial charge >= 0.3 is 5.97 Å². The van der Waals surface area contributed by atoms with E-state index in [9.17, 15) is 19.1 Å². The van der Waals surface area contributed by atoms with Gasteiger partial charge in [-0.15, -0.1) is 0 Å². The van der Waals surface area contributed by atoms with Crippen molar-refractivity contribution < 1.29 is 19.1 Å². The molecule has 0 aliphatic heterocycles.